The first-order chi connectivity index (χ1) is 16.1. The first-order valence-corrected chi connectivity index (χ1v) is 12.5. The number of aromatic nitrogens is 3. The van der Waals surface area contributed by atoms with Crippen LogP contribution in [0.2, 0.25) is 0 Å². The van der Waals surface area contributed by atoms with Crippen LogP contribution >= 0.6 is 11.8 Å². The average molecular weight is 468 g/mol. The molecule has 0 spiro atoms. The highest BCUT2D eigenvalue weighted by Gasteiger charge is 2.19. The minimum atomic E-state index is -0.286. The van der Waals surface area contributed by atoms with Crippen molar-refractivity contribution in [2.45, 2.75) is 44.3 Å². The highest BCUT2D eigenvalue weighted by molar-refractivity contribution is 7.99. The summed E-state index contributed by atoms with van der Waals surface area (Å²) in [5.74, 6) is 0.731. The zero-order chi connectivity index (χ0) is 23.0. The molecule has 1 saturated heterocycles. The molecule has 6 nitrogen and oxygen atoms in total. The fourth-order valence-corrected chi connectivity index (χ4v) is 4.87. The molecule has 1 fully saturated rings. The van der Waals surface area contributed by atoms with E-state index in [0.29, 0.717) is 18.2 Å². The second kappa shape index (κ2) is 11.4. The highest BCUT2D eigenvalue weighted by Crippen LogP contribution is 2.24. The van der Waals surface area contributed by atoms with Crippen molar-refractivity contribution in [2.75, 3.05) is 25.4 Å². The standard InChI is InChI=1S/C25H30FN5OS/c1-19-7-3-4-8-20(19)13-14-27-24(32)18-33-25-29-28-23(17-30-15-5-2-6-16-30)31(25)22-11-9-21(26)10-12-22/h3-4,7-12H,2,5-6,13-18H2,1H3,(H,27,32). The van der Waals surface area contributed by atoms with Gasteiger partial charge in [-0.1, -0.05) is 42.4 Å². The number of hydrogen-bond donors (Lipinski definition) is 1. The third-order valence-electron chi connectivity index (χ3n) is 5.91. The number of piperidine rings is 1. The molecular weight excluding hydrogens is 437 g/mol. The van der Waals surface area contributed by atoms with E-state index in [2.05, 4.69) is 39.5 Å². The monoisotopic (exact) mass is 467 g/mol. The van der Waals surface area contributed by atoms with Gasteiger partial charge in [0.2, 0.25) is 5.91 Å². The number of nitrogens with zero attached hydrogens (tertiary/aromatic N) is 4. The summed E-state index contributed by atoms with van der Waals surface area (Å²) in [7, 11) is 0. The Labute approximate surface area is 198 Å². The average Bonchev–Trinajstić information content (AvgIpc) is 3.22. The maximum absolute atomic E-state index is 13.5. The zero-order valence-corrected chi connectivity index (χ0v) is 19.8. The van der Waals surface area contributed by atoms with E-state index in [1.165, 1.54) is 54.3 Å². The van der Waals surface area contributed by atoms with Gasteiger partial charge >= 0.3 is 0 Å². The first-order valence-electron chi connectivity index (χ1n) is 11.5. The quantitative estimate of drug-likeness (QED) is 0.479. The largest absolute Gasteiger partial charge is 0.355 e. The number of thioether (sulfide) groups is 1. The first kappa shape index (κ1) is 23.4. The lowest BCUT2D eigenvalue weighted by molar-refractivity contribution is -0.118. The van der Waals surface area contributed by atoms with Gasteiger partial charge in [-0.15, -0.1) is 10.2 Å². The Balaban J connectivity index is 1.40. The fraction of sp³-hybridized carbons (Fsp3) is 0.400. The van der Waals surface area contributed by atoms with Crippen molar-refractivity contribution in [1.82, 2.24) is 25.0 Å². The van der Waals surface area contributed by atoms with Gasteiger partial charge < -0.3 is 5.32 Å². The Morgan fingerprint density at radius 3 is 2.58 bits per heavy atom. The Morgan fingerprint density at radius 2 is 1.82 bits per heavy atom. The van der Waals surface area contributed by atoms with Crippen molar-refractivity contribution in [2.24, 2.45) is 0 Å². The van der Waals surface area contributed by atoms with Gasteiger partial charge in [-0.25, -0.2) is 4.39 Å². The third-order valence-corrected chi connectivity index (χ3v) is 6.84. The fourth-order valence-electron chi connectivity index (χ4n) is 4.07. The van der Waals surface area contributed by atoms with Gasteiger partial charge in [0.1, 0.15) is 5.82 Å². The Kier molecular flexibility index (Phi) is 8.12. The molecule has 1 amide bonds. The number of rotatable bonds is 9. The molecule has 3 aromatic rings. The highest BCUT2D eigenvalue weighted by atomic mass is 32.2. The summed E-state index contributed by atoms with van der Waals surface area (Å²) >= 11 is 1.35. The number of carbonyl (C=O) groups is 1. The molecule has 0 atom stereocenters. The molecule has 2 aromatic carbocycles. The van der Waals surface area contributed by atoms with Gasteiger partial charge in [-0.2, -0.15) is 0 Å². The maximum atomic E-state index is 13.5. The van der Waals surface area contributed by atoms with E-state index in [1.54, 1.807) is 12.1 Å². The van der Waals surface area contributed by atoms with Crippen molar-refractivity contribution < 1.29 is 9.18 Å². The predicted octanol–water partition coefficient (Wildman–Crippen LogP) is 4.15. The Bertz CT molecular complexity index is 1060. The van der Waals surface area contributed by atoms with Crippen molar-refractivity contribution in [3.8, 4) is 5.69 Å². The molecule has 8 heteroatoms. The topological polar surface area (TPSA) is 63.1 Å². The smallest absolute Gasteiger partial charge is 0.230 e. The van der Waals surface area contributed by atoms with Crippen molar-refractivity contribution in [3.63, 3.8) is 0 Å². The molecule has 2 heterocycles. The molecule has 0 bridgehead atoms. The van der Waals surface area contributed by atoms with Crippen LogP contribution in [0, 0.1) is 12.7 Å². The minimum absolute atomic E-state index is 0.0418. The number of likely N-dealkylation sites (tertiary alicyclic amines) is 1. The molecule has 1 aliphatic rings. The lowest BCUT2D eigenvalue weighted by Gasteiger charge is -2.26. The minimum Gasteiger partial charge on any atom is -0.355 e. The van der Waals surface area contributed by atoms with Crippen LogP contribution in [-0.4, -0.2) is 51.0 Å². The van der Waals surface area contributed by atoms with E-state index >= 15 is 0 Å². The van der Waals surface area contributed by atoms with E-state index in [1.807, 2.05) is 16.7 Å². The molecule has 1 N–H and O–H groups in total. The van der Waals surface area contributed by atoms with Crippen LogP contribution in [0.5, 0.6) is 0 Å². The van der Waals surface area contributed by atoms with Gasteiger partial charge in [-0.3, -0.25) is 14.3 Å². The van der Waals surface area contributed by atoms with Crippen molar-refractivity contribution in [3.05, 3.63) is 71.3 Å². The van der Waals surface area contributed by atoms with Gasteiger partial charge in [0.15, 0.2) is 11.0 Å². The summed E-state index contributed by atoms with van der Waals surface area (Å²) in [6.45, 7) is 5.45. The SMILES string of the molecule is Cc1ccccc1CCNC(=O)CSc1nnc(CN2CCCCC2)n1-c1ccc(F)cc1. The Morgan fingerprint density at radius 1 is 1.06 bits per heavy atom. The number of benzene rings is 2. The summed E-state index contributed by atoms with van der Waals surface area (Å²) in [5.41, 5.74) is 3.27. The van der Waals surface area contributed by atoms with E-state index < -0.39 is 0 Å². The van der Waals surface area contributed by atoms with Crippen LogP contribution in [0.3, 0.4) is 0 Å². The molecular formula is C25H30FN5OS. The number of nitrogens with one attached hydrogen (secondary N) is 1. The van der Waals surface area contributed by atoms with Crippen LogP contribution < -0.4 is 5.32 Å². The van der Waals surface area contributed by atoms with Gasteiger partial charge in [-0.05, 0) is 74.7 Å². The van der Waals surface area contributed by atoms with Crippen LogP contribution in [0.1, 0.15) is 36.2 Å². The number of amides is 1. The molecule has 4 rings (SSSR count). The number of carbonyl (C=O) groups excluding carboxylic acids is 1. The Hall–Kier alpha value is -2.71. The number of halogens is 1. The van der Waals surface area contributed by atoms with E-state index in [4.69, 9.17) is 0 Å². The molecule has 0 saturated carbocycles. The summed E-state index contributed by atoms with van der Waals surface area (Å²) in [6.07, 6.45) is 4.44. The van der Waals surface area contributed by atoms with Gasteiger partial charge in [0.25, 0.3) is 0 Å². The van der Waals surface area contributed by atoms with Gasteiger partial charge in [0, 0.05) is 12.2 Å². The second-order valence-corrected chi connectivity index (χ2v) is 9.31. The van der Waals surface area contributed by atoms with Crippen LogP contribution in [0.4, 0.5) is 4.39 Å². The molecule has 174 valence electrons. The van der Waals surface area contributed by atoms with E-state index in [-0.39, 0.29) is 17.5 Å². The summed E-state index contributed by atoms with van der Waals surface area (Å²) < 4.78 is 15.5. The summed E-state index contributed by atoms with van der Waals surface area (Å²) in [4.78, 5) is 14.8. The molecule has 0 radical (unpaired) electrons. The predicted molar refractivity (Wildman–Crippen MR) is 129 cm³/mol. The lowest BCUT2D eigenvalue weighted by Crippen LogP contribution is -2.30. The second-order valence-electron chi connectivity index (χ2n) is 8.36. The van der Waals surface area contributed by atoms with Crippen molar-refractivity contribution >= 4 is 17.7 Å². The molecule has 33 heavy (non-hydrogen) atoms. The third kappa shape index (κ3) is 6.42. The summed E-state index contributed by atoms with van der Waals surface area (Å²) in [6, 6.07) is 14.5. The normalized spacial score (nSPS) is 14.4. The number of hydrogen-bond acceptors (Lipinski definition) is 5. The van der Waals surface area contributed by atoms with Crippen LogP contribution in [-0.2, 0) is 17.8 Å². The molecule has 0 unspecified atom stereocenters. The van der Waals surface area contributed by atoms with E-state index in [0.717, 1.165) is 31.0 Å². The van der Waals surface area contributed by atoms with Crippen LogP contribution in [0.25, 0.3) is 5.69 Å². The van der Waals surface area contributed by atoms with Gasteiger partial charge in [0.05, 0.1) is 12.3 Å². The maximum Gasteiger partial charge on any atom is 0.230 e. The zero-order valence-electron chi connectivity index (χ0n) is 19.0. The van der Waals surface area contributed by atoms with Crippen molar-refractivity contribution in [1.29, 1.82) is 0 Å². The van der Waals surface area contributed by atoms with Crippen LogP contribution in [0.15, 0.2) is 53.7 Å². The molecule has 0 aliphatic carbocycles. The molecule has 1 aliphatic heterocycles. The number of aryl methyl sites for hydroxylation is 1. The molecule has 1 aromatic heterocycles. The summed E-state index contributed by atoms with van der Waals surface area (Å²) in [5, 5.41) is 12.4. The lowest BCUT2D eigenvalue weighted by atomic mass is 10.1. The van der Waals surface area contributed by atoms with E-state index in [9.17, 15) is 9.18 Å².